The lowest BCUT2D eigenvalue weighted by Gasteiger charge is -2.34. The molecule has 29 heavy (non-hydrogen) atoms. The Kier molecular flexibility index (Phi) is 8.31. The number of thiophene rings is 1. The molecule has 158 valence electrons. The van der Waals surface area contributed by atoms with E-state index in [-0.39, 0.29) is 0 Å². The summed E-state index contributed by atoms with van der Waals surface area (Å²) < 4.78 is 0. The summed E-state index contributed by atoms with van der Waals surface area (Å²) in [6, 6.07) is 8.49. The van der Waals surface area contributed by atoms with E-state index in [0.717, 1.165) is 57.5 Å². The monoisotopic (exact) mass is 414 g/mol. The Morgan fingerprint density at radius 2 is 2.03 bits per heavy atom. The lowest BCUT2D eigenvalue weighted by atomic mass is 10.1. The van der Waals surface area contributed by atoms with Crippen LogP contribution in [0.1, 0.15) is 24.3 Å². The lowest BCUT2D eigenvalue weighted by Crippen LogP contribution is -2.45. The molecule has 1 atom stereocenters. The minimum atomic E-state index is 0.553. The third-order valence-electron chi connectivity index (χ3n) is 5.17. The van der Waals surface area contributed by atoms with Gasteiger partial charge >= 0.3 is 0 Å². The maximum atomic E-state index is 4.84. The molecule has 0 aliphatic carbocycles. The molecule has 2 N–H and O–H groups in total. The van der Waals surface area contributed by atoms with E-state index in [9.17, 15) is 0 Å². The minimum Gasteiger partial charge on any atom is -0.357 e. The van der Waals surface area contributed by atoms with Crippen molar-refractivity contribution in [3.63, 3.8) is 0 Å². The highest BCUT2D eigenvalue weighted by molar-refractivity contribution is 7.09. The summed E-state index contributed by atoms with van der Waals surface area (Å²) in [5.74, 6) is 2.50. The minimum absolute atomic E-state index is 0.553. The number of hydrogen-bond acceptors (Lipinski definition) is 5. The number of pyridine rings is 1. The van der Waals surface area contributed by atoms with Crippen LogP contribution in [0, 0.1) is 5.92 Å². The first-order valence-electron chi connectivity index (χ1n) is 10.6. The van der Waals surface area contributed by atoms with Gasteiger partial charge in [-0.2, -0.15) is 0 Å². The zero-order chi connectivity index (χ0) is 20.5. The maximum Gasteiger partial charge on any atom is 0.191 e. The number of nitrogens with one attached hydrogen (secondary N) is 2. The van der Waals surface area contributed by atoms with Crippen molar-refractivity contribution < 1.29 is 0 Å². The molecule has 1 saturated heterocycles. The largest absolute Gasteiger partial charge is 0.357 e. The quantitative estimate of drug-likeness (QED) is 0.514. The van der Waals surface area contributed by atoms with Crippen molar-refractivity contribution in [1.29, 1.82) is 0 Å². The van der Waals surface area contributed by atoms with Crippen LogP contribution in [0.4, 0.5) is 5.82 Å². The number of rotatable bonds is 8. The van der Waals surface area contributed by atoms with Crippen molar-refractivity contribution in [3.8, 4) is 0 Å². The van der Waals surface area contributed by atoms with Gasteiger partial charge in [0.1, 0.15) is 5.82 Å². The Bertz CT molecular complexity index is 752. The predicted octanol–water partition coefficient (Wildman–Crippen LogP) is 2.83. The van der Waals surface area contributed by atoms with Gasteiger partial charge in [-0.1, -0.05) is 19.1 Å². The highest BCUT2D eigenvalue weighted by Gasteiger charge is 2.17. The molecule has 6 nitrogen and oxygen atoms in total. The molecule has 0 bridgehead atoms. The zero-order valence-electron chi connectivity index (χ0n) is 17.9. The van der Waals surface area contributed by atoms with Crippen molar-refractivity contribution in [2.75, 3.05) is 51.2 Å². The number of aliphatic imine (C=N–C) groups is 1. The van der Waals surface area contributed by atoms with Crippen LogP contribution in [-0.4, -0.2) is 62.2 Å². The van der Waals surface area contributed by atoms with Crippen LogP contribution in [0.2, 0.25) is 0 Å². The molecule has 3 rings (SSSR count). The third-order valence-corrected chi connectivity index (χ3v) is 6.07. The molecule has 2 aromatic heterocycles. The van der Waals surface area contributed by atoms with E-state index in [1.807, 2.05) is 23.6 Å². The van der Waals surface area contributed by atoms with E-state index in [1.54, 1.807) is 0 Å². The van der Waals surface area contributed by atoms with E-state index in [1.165, 1.54) is 10.4 Å². The van der Waals surface area contributed by atoms with Crippen LogP contribution in [0.25, 0.3) is 0 Å². The average molecular weight is 415 g/mol. The van der Waals surface area contributed by atoms with Crippen LogP contribution < -0.4 is 15.5 Å². The number of anilines is 1. The highest BCUT2D eigenvalue weighted by Crippen LogP contribution is 2.19. The van der Waals surface area contributed by atoms with Gasteiger partial charge in [-0.25, -0.2) is 9.98 Å². The average Bonchev–Trinajstić information content (AvgIpc) is 3.24. The van der Waals surface area contributed by atoms with Gasteiger partial charge in [0.2, 0.25) is 0 Å². The topological polar surface area (TPSA) is 55.8 Å². The Morgan fingerprint density at radius 1 is 1.21 bits per heavy atom. The molecule has 1 aliphatic rings. The van der Waals surface area contributed by atoms with Crippen LogP contribution in [0.3, 0.4) is 0 Å². The summed E-state index contributed by atoms with van der Waals surface area (Å²) in [6.07, 6.45) is 2.98. The first-order chi connectivity index (χ1) is 14.2. The first-order valence-corrected chi connectivity index (χ1v) is 11.5. The van der Waals surface area contributed by atoms with Crippen molar-refractivity contribution >= 4 is 23.1 Å². The van der Waals surface area contributed by atoms with Crippen LogP contribution in [-0.2, 0) is 13.0 Å². The molecule has 0 saturated carbocycles. The molecule has 0 spiro atoms. The number of aromatic nitrogens is 1. The molecule has 2 aromatic rings. The summed E-state index contributed by atoms with van der Waals surface area (Å²) in [5.41, 5.74) is 1.18. The first kappa shape index (κ1) is 21.6. The Morgan fingerprint density at radius 3 is 2.76 bits per heavy atom. The Hall–Kier alpha value is -2.12. The molecule has 0 aromatic carbocycles. The number of likely N-dealkylation sites (N-methyl/N-ethyl adjacent to an activating group) is 1. The normalized spacial score (nSPS) is 16.7. The maximum absolute atomic E-state index is 4.84. The van der Waals surface area contributed by atoms with Gasteiger partial charge in [-0.3, -0.25) is 0 Å². The second-order valence-electron chi connectivity index (χ2n) is 7.74. The van der Waals surface area contributed by atoms with Gasteiger partial charge in [0.15, 0.2) is 5.96 Å². The van der Waals surface area contributed by atoms with Crippen LogP contribution >= 0.6 is 11.3 Å². The fourth-order valence-electron chi connectivity index (χ4n) is 3.48. The van der Waals surface area contributed by atoms with Gasteiger partial charge in [0, 0.05) is 55.9 Å². The zero-order valence-corrected chi connectivity index (χ0v) is 18.7. The molecular weight excluding hydrogens is 380 g/mol. The summed E-state index contributed by atoms with van der Waals surface area (Å²) in [6.45, 7) is 11.0. The van der Waals surface area contributed by atoms with Crippen molar-refractivity contribution in [2.24, 2.45) is 10.9 Å². The number of guanidine groups is 1. The van der Waals surface area contributed by atoms with E-state index in [0.29, 0.717) is 12.5 Å². The van der Waals surface area contributed by atoms with Crippen LogP contribution in [0.5, 0.6) is 0 Å². The molecule has 1 fully saturated rings. The van der Waals surface area contributed by atoms with Gasteiger partial charge < -0.3 is 20.4 Å². The van der Waals surface area contributed by atoms with E-state index >= 15 is 0 Å². The molecule has 1 aliphatic heterocycles. The fraction of sp³-hybridized carbons (Fsp3) is 0.545. The SMILES string of the molecule is CCNC(=NCc1cccnc1N1CCN(C)CC1)NCC(C)Cc1cccs1. The molecule has 0 radical (unpaired) electrons. The smallest absolute Gasteiger partial charge is 0.191 e. The van der Waals surface area contributed by atoms with E-state index in [2.05, 4.69) is 69.9 Å². The second kappa shape index (κ2) is 11.2. The van der Waals surface area contributed by atoms with Gasteiger partial charge in [0.05, 0.1) is 6.54 Å². The Balaban J connectivity index is 1.59. The summed E-state index contributed by atoms with van der Waals surface area (Å²) >= 11 is 1.83. The standard InChI is InChI=1S/C22H34N6S/c1-4-23-22(25-16-18(2)15-20-8-6-14-29-20)26-17-19-7-5-9-24-21(19)28-12-10-27(3)11-13-28/h5-9,14,18H,4,10-13,15-17H2,1-3H3,(H2,23,25,26). The summed E-state index contributed by atoms with van der Waals surface area (Å²) in [7, 11) is 2.18. The van der Waals surface area contributed by atoms with Gasteiger partial charge in [0.25, 0.3) is 0 Å². The molecule has 1 unspecified atom stereocenters. The molecule has 0 amide bonds. The van der Waals surface area contributed by atoms with Gasteiger partial charge in [-0.05, 0) is 43.8 Å². The molecular formula is C22H34N6S. The second-order valence-corrected chi connectivity index (χ2v) is 8.77. The lowest BCUT2D eigenvalue weighted by molar-refractivity contribution is 0.312. The summed E-state index contributed by atoms with van der Waals surface area (Å²) in [4.78, 5) is 15.7. The van der Waals surface area contributed by atoms with Crippen molar-refractivity contribution in [3.05, 3.63) is 46.3 Å². The molecule has 7 heteroatoms. The van der Waals surface area contributed by atoms with Crippen molar-refractivity contribution in [2.45, 2.75) is 26.8 Å². The van der Waals surface area contributed by atoms with E-state index < -0.39 is 0 Å². The van der Waals surface area contributed by atoms with Crippen molar-refractivity contribution in [1.82, 2.24) is 20.5 Å². The highest BCUT2D eigenvalue weighted by atomic mass is 32.1. The number of hydrogen-bond donors (Lipinski definition) is 2. The fourth-order valence-corrected chi connectivity index (χ4v) is 4.35. The van der Waals surface area contributed by atoms with E-state index in [4.69, 9.17) is 4.99 Å². The predicted molar refractivity (Wildman–Crippen MR) is 124 cm³/mol. The third kappa shape index (κ3) is 6.72. The Labute approximate surface area is 179 Å². The molecule has 3 heterocycles. The van der Waals surface area contributed by atoms with Gasteiger partial charge in [-0.15, -0.1) is 11.3 Å². The van der Waals surface area contributed by atoms with Crippen LogP contribution in [0.15, 0.2) is 40.8 Å². The summed E-state index contributed by atoms with van der Waals surface area (Å²) in [5, 5.41) is 9.03. The number of nitrogens with zero attached hydrogens (tertiary/aromatic N) is 4. The number of piperazine rings is 1.